The Labute approximate surface area is 139 Å². The summed E-state index contributed by atoms with van der Waals surface area (Å²) in [7, 11) is 0. The zero-order chi connectivity index (χ0) is 17.0. The normalized spacial score (nSPS) is 18.8. The summed E-state index contributed by atoms with van der Waals surface area (Å²) in [5.41, 5.74) is 5.13. The molecule has 0 radical (unpaired) electrons. The molecule has 126 valence electrons. The van der Waals surface area contributed by atoms with Gasteiger partial charge in [-0.3, -0.25) is 4.90 Å². The molecule has 1 aliphatic rings. The van der Waals surface area contributed by atoms with Crippen LogP contribution in [-0.4, -0.2) is 41.0 Å². The number of rotatable bonds is 3. The van der Waals surface area contributed by atoms with E-state index in [9.17, 15) is 9.59 Å². The first-order valence-electron chi connectivity index (χ1n) is 7.36. The lowest BCUT2D eigenvalue weighted by atomic mass is 10.2. The lowest BCUT2D eigenvalue weighted by Gasteiger charge is -2.27. The van der Waals surface area contributed by atoms with Gasteiger partial charge in [0, 0.05) is 6.54 Å². The van der Waals surface area contributed by atoms with E-state index in [-0.39, 0.29) is 5.84 Å². The second kappa shape index (κ2) is 6.99. The van der Waals surface area contributed by atoms with Gasteiger partial charge in [-0.25, -0.2) is 9.59 Å². The van der Waals surface area contributed by atoms with Gasteiger partial charge in [-0.15, -0.1) is 11.3 Å². The van der Waals surface area contributed by atoms with Crippen molar-refractivity contribution >= 4 is 29.2 Å². The molecule has 1 aromatic heterocycles. The van der Waals surface area contributed by atoms with E-state index in [0.717, 1.165) is 0 Å². The fourth-order valence-electron chi connectivity index (χ4n) is 2.18. The van der Waals surface area contributed by atoms with Gasteiger partial charge >= 0.3 is 12.1 Å². The molecule has 0 saturated carbocycles. The Morgan fingerprint density at radius 3 is 2.78 bits per heavy atom. The van der Waals surface area contributed by atoms with Crippen molar-refractivity contribution in [1.29, 1.82) is 0 Å². The molecule has 0 spiro atoms. The maximum Gasteiger partial charge on any atom is 0.411 e. The van der Waals surface area contributed by atoms with Crippen molar-refractivity contribution in [1.82, 2.24) is 4.90 Å². The number of nitrogens with two attached hydrogens (primary N) is 1. The maximum absolute atomic E-state index is 12.2. The Morgan fingerprint density at radius 2 is 2.17 bits per heavy atom. The maximum atomic E-state index is 12.2. The average molecular weight is 339 g/mol. The minimum absolute atomic E-state index is 0.134. The summed E-state index contributed by atoms with van der Waals surface area (Å²) in [4.78, 5) is 31.3. The number of thiophene rings is 1. The number of hydrogen-bond acceptors (Lipinski definition) is 6. The number of nitrogens with zero attached hydrogens (tertiary/aromatic N) is 2. The number of oxime groups is 1. The molecule has 1 atom stereocenters. The van der Waals surface area contributed by atoms with Crippen LogP contribution in [-0.2, 0) is 14.4 Å². The van der Waals surface area contributed by atoms with Crippen LogP contribution in [0, 0.1) is 0 Å². The molecular formula is C15H21N3O4S. The molecule has 0 bridgehead atoms. The molecule has 1 saturated heterocycles. The number of ether oxygens (including phenoxy) is 1. The average Bonchev–Trinajstić information content (AvgIpc) is 3.12. The minimum Gasteiger partial charge on any atom is -0.444 e. The quantitative estimate of drug-likeness (QED) is 0.395. The SMILES string of the molecule is CC(C)(C)OC(=O)N1CCC[C@H]1C(=O)O/N=C(\N)c1cccs1. The van der Waals surface area contributed by atoms with Crippen molar-refractivity contribution < 1.29 is 19.2 Å². The molecule has 7 nitrogen and oxygen atoms in total. The first kappa shape index (κ1) is 17.3. The number of amides is 1. The van der Waals surface area contributed by atoms with Crippen LogP contribution >= 0.6 is 11.3 Å². The highest BCUT2D eigenvalue weighted by Gasteiger charge is 2.38. The number of likely N-dealkylation sites (tertiary alicyclic amines) is 1. The van der Waals surface area contributed by atoms with Gasteiger partial charge in [0.2, 0.25) is 0 Å². The Morgan fingerprint density at radius 1 is 1.43 bits per heavy atom. The second-order valence-corrected chi connectivity index (χ2v) is 7.14. The van der Waals surface area contributed by atoms with E-state index in [1.807, 2.05) is 11.4 Å². The smallest absolute Gasteiger partial charge is 0.411 e. The van der Waals surface area contributed by atoms with Crippen LogP contribution in [0.25, 0.3) is 0 Å². The molecule has 0 aliphatic carbocycles. The van der Waals surface area contributed by atoms with E-state index in [1.165, 1.54) is 16.2 Å². The monoisotopic (exact) mass is 339 g/mol. The van der Waals surface area contributed by atoms with Crippen LogP contribution < -0.4 is 5.73 Å². The van der Waals surface area contributed by atoms with Gasteiger partial charge in [-0.05, 0) is 45.1 Å². The molecule has 1 fully saturated rings. The predicted molar refractivity (Wildman–Crippen MR) is 87.1 cm³/mol. The molecule has 2 heterocycles. The number of amidine groups is 1. The number of carbonyl (C=O) groups is 2. The highest BCUT2D eigenvalue weighted by molar-refractivity contribution is 7.12. The molecule has 8 heteroatoms. The van der Waals surface area contributed by atoms with E-state index in [4.69, 9.17) is 15.3 Å². The van der Waals surface area contributed by atoms with Gasteiger partial charge in [-0.2, -0.15) is 0 Å². The second-order valence-electron chi connectivity index (χ2n) is 6.20. The highest BCUT2D eigenvalue weighted by atomic mass is 32.1. The van der Waals surface area contributed by atoms with Gasteiger partial charge < -0.3 is 15.3 Å². The van der Waals surface area contributed by atoms with Crippen molar-refractivity contribution in [2.45, 2.75) is 45.3 Å². The van der Waals surface area contributed by atoms with Crippen LogP contribution in [0.4, 0.5) is 4.79 Å². The van der Waals surface area contributed by atoms with Gasteiger partial charge in [0.25, 0.3) is 0 Å². The topological polar surface area (TPSA) is 94.2 Å². The molecular weight excluding hydrogens is 318 g/mol. The lowest BCUT2D eigenvalue weighted by molar-refractivity contribution is -0.148. The third kappa shape index (κ3) is 4.69. The van der Waals surface area contributed by atoms with Crippen molar-refractivity contribution in [2.75, 3.05) is 6.54 Å². The Bertz CT molecular complexity index is 592. The van der Waals surface area contributed by atoms with Crippen molar-refractivity contribution in [3.05, 3.63) is 22.4 Å². The van der Waals surface area contributed by atoms with E-state index in [0.29, 0.717) is 24.3 Å². The highest BCUT2D eigenvalue weighted by Crippen LogP contribution is 2.22. The molecule has 1 aliphatic heterocycles. The molecule has 2 N–H and O–H groups in total. The molecule has 23 heavy (non-hydrogen) atoms. The van der Waals surface area contributed by atoms with E-state index in [2.05, 4.69) is 5.16 Å². The van der Waals surface area contributed by atoms with Crippen molar-refractivity contribution in [3.63, 3.8) is 0 Å². The van der Waals surface area contributed by atoms with Gasteiger partial charge in [-0.1, -0.05) is 11.2 Å². The summed E-state index contributed by atoms with van der Waals surface area (Å²) in [6.07, 6.45) is 0.711. The van der Waals surface area contributed by atoms with E-state index in [1.54, 1.807) is 26.8 Å². The first-order chi connectivity index (χ1) is 10.8. The van der Waals surface area contributed by atoms with Crippen LogP contribution in [0.1, 0.15) is 38.5 Å². The van der Waals surface area contributed by atoms with Gasteiger partial charge in [0.1, 0.15) is 11.6 Å². The fraction of sp³-hybridized carbons (Fsp3) is 0.533. The van der Waals surface area contributed by atoms with Crippen LogP contribution in [0.3, 0.4) is 0 Å². The summed E-state index contributed by atoms with van der Waals surface area (Å²) in [6, 6.07) is 2.91. The fourth-order valence-corrected chi connectivity index (χ4v) is 2.79. The number of carbonyl (C=O) groups excluding carboxylic acids is 2. The van der Waals surface area contributed by atoms with Crippen LogP contribution in [0.5, 0.6) is 0 Å². The Hall–Kier alpha value is -2.09. The zero-order valence-corrected chi connectivity index (χ0v) is 14.3. The van der Waals surface area contributed by atoms with Gasteiger partial charge in [0.15, 0.2) is 5.84 Å². The van der Waals surface area contributed by atoms with Gasteiger partial charge in [0.05, 0.1) is 4.88 Å². The van der Waals surface area contributed by atoms with E-state index >= 15 is 0 Å². The lowest BCUT2D eigenvalue weighted by Crippen LogP contribution is -2.43. The minimum atomic E-state index is -0.690. The molecule has 0 aromatic carbocycles. The van der Waals surface area contributed by atoms with Crippen LogP contribution in [0.2, 0.25) is 0 Å². The van der Waals surface area contributed by atoms with Crippen LogP contribution in [0.15, 0.2) is 22.7 Å². The third-order valence-corrected chi connectivity index (χ3v) is 4.05. The first-order valence-corrected chi connectivity index (χ1v) is 8.24. The van der Waals surface area contributed by atoms with Crippen molar-refractivity contribution in [2.24, 2.45) is 10.9 Å². The molecule has 1 aromatic rings. The summed E-state index contributed by atoms with van der Waals surface area (Å²) < 4.78 is 5.31. The molecule has 0 unspecified atom stereocenters. The number of hydrogen-bond donors (Lipinski definition) is 1. The Balaban J connectivity index is 1.98. The summed E-state index contributed by atoms with van der Waals surface area (Å²) in [5, 5.41) is 5.50. The largest absolute Gasteiger partial charge is 0.444 e. The standard InChI is InChI=1S/C15H21N3O4S/c1-15(2,3)21-14(20)18-8-4-6-10(18)13(19)22-17-12(16)11-7-5-9-23-11/h5,7,9-10H,4,6,8H2,1-3H3,(H2,16,17)/t10-/m0/s1. The summed E-state index contributed by atoms with van der Waals surface area (Å²) in [6.45, 7) is 5.79. The molecule has 2 rings (SSSR count). The molecule has 1 amide bonds. The summed E-state index contributed by atoms with van der Waals surface area (Å²) in [5.74, 6) is -0.469. The Kier molecular flexibility index (Phi) is 5.25. The zero-order valence-electron chi connectivity index (χ0n) is 13.4. The summed E-state index contributed by atoms with van der Waals surface area (Å²) >= 11 is 1.40. The van der Waals surface area contributed by atoms with Crippen molar-refractivity contribution in [3.8, 4) is 0 Å². The predicted octanol–water partition coefficient (Wildman–Crippen LogP) is 2.31. The third-order valence-electron chi connectivity index (χ3n) is 3.16. The van der Waals surface area contributed by atoms with E-state index < -0.39 is 23.7 Å².